The maximum absolute atomic E-state index is 12.4. The van der Waals surface area contributed by atoms with Crippen molar-refractivity contribution in [2.24, 2.45) is 40.2 Å². The molecule has 186 valence electrons. The molecule has 1 aromatic rings. The van der Waals surface area contributed by atoms with E-state index in [4.69, 9.17) is 10.5 Å². The van der Waals surface area contributed by atoms with Gasteiger partial charge < -0.3 is 15.6 Å². The Morgan fingerprint density at radius 2 is 1.88 bits per heavy atom. The number of Topliss-reactive ketones (excluding diaryl/α,β-unsaturated/α-hetero) is 1. The fourth-order valence-electron chi connectivity index (χ4n) is 8.77. The average molecular weight is 468 g/mol. The molecular formula is C29H41NO4. The molecule has 0 unspecified atom stereocenters. The van der Waals surface area contributed by atoms with E-state index in [9.17, 15) is 14.7 Å². The van der Waals surface area contributed by atoms with Gasteiger partial charge in [0.15, 0.2) is 0 Å². The molecule has 0 aliphatic heterocycles. The fraction of sp³-hybridized carbons (Fsp3) is 0.724. The molecule has 1 aromatic carbocycles. The topological polar surface area (TPSA) is 89.6 Å². The molecule has 0 bridgehead atoms. The van der Waals surface area contributed by atoms with Crippen molar-refractivity contribution in [3.05, 3.63) is 29.8 Å². The van der Waals surface area contributed by atoms with Gasteiger partial charge in [0.1, 0.15) is 11.5 Å². The molecule has 0 saturated heterocycles. The minimum atomic E-state index is -0.296. The molecule has 0 radical (unpaired) electrons. The van der Waals surface area contributed by atoms with E-state index in [1.54, 1.807) is 0 Å². The van der Waals surface area contributed by atoms with Crippen LogP contribution < -0.4 is 10.5 Å². The Morgan fingerprint density at radius 3 is 2.62 bits per heavy atom. The summed E-state index contributed by atoms with van der Waals surface area (Å²) < 4.78 is 5.84. The summed E-state index contributed by atoms with van der Waals surface area (Å²) in [6.45, 7) is 5.31. The molecule has 8 atom stereocenters. The molecule has 4 saturated carbocycles. The fourth-order valence-corrected chi connectivity index (χ4v) is 8.77. The molecule has 5 heteroatoms. The summed E-state index contributed by atoms with van der Waals surface area (Å²) in [5.74, 6) is 3.64. The quantitative estimate of drug-likeness (QED) is 0.576. The van der Waals surface area contributed by atoms with Crippen molar-refractivity contribution in [3.8, 4) is 5.75 Å². The Kier molecular flexibility index (Phi) is 6.29. The number of primary amides is 1. The number of nitrogens with two attached hydrogens (primary N) is 1. The lowest BCUT2D eigenvalue weighted by molar-refractivity contribution is -0.147. The molecule has 3 N–H and O–H groups in total. The highest BCUT2D eigenvalue weighted by atomic mass is 16.5. The van der Waals surface area contributed by atoms with Crippen molar-refractivity contribution >= 4 is 11.7 Å². The van der Waals surface area contributed by atoms with E-state index >= 15 is 0 Å². The Bertz CT molecular complexity index is 929. The number of hydrogen-bond acceptors (Lipinski definition) is 4. The first-order valence-electron chi connectivity index (χ1n) is 13.4. The predicted molar refractivity (Wildman–Crippen MR) is 131 cm³/mol. The molecule has 4 aliphatic rings. The number of amides is 1. The van der Waals surface area contributed by atoms with Crippen molar-refractivity contribution in [2.45, 2.75) is 90.1 Å². The standard InChI is InChI=1S/C29H41NO4/c1-28-14-13-20(31)16-19(28)7-10-22-24-11-12-25(32)29(24,2)17-23(27(22)28)18-5-8-21(9-6-18)34-15-3-4-26(30)33/h5-6,8-9,19,22-25,27,32H,3-4,7,10-17H2,1-2H3,(H2,30,33)/t19-,22-,23+,24-,25-,27+,28-,29-/m0/s1. The second-order valence-electron chi connectivity index (χ2n) is 12.2. The van der Waals surface area contributed by atoms with Crippen molar-refractivity contribution in [2.75, 3.05) is 6.61 Å². The summed E-state index contributed by atoms with van der Waals surface area (Å²) in [6, 6.07) is 8.55. The smallest absolute Gasteiger partial charge is 0.217 e. The third kappa shape index (κ3) is 3.98. The lowest BCUT2D eigenvalue weighted by Gasteiger charge is -2.62. The zero-order chi connectivity index (χ0) is 24.1. The minimum absolute atomic E-state index is 0.0244. The first kappa shape index (κ1) is 23.8. The second-order valence-corrected chi connectivity index (χ2v) is 12.2. The summed E-state index contributed by atoms with van der Waals surface area (Å²) >= 11 is 0. The van der Waals surface area contributed by atoms with Crippen LogP contribution in [0.15, 0.2) is 24.3 Å². The van der Waals surface area contributed by atoms with Gasteiger partial charge in [-0.1, -0.05) is 26.0 Å². The number of carbonyl (C=O) groups excluding carboxylic acids is 2. The van der Waals surface area contributed by atoms with Gasteiger partial charge in [0.05, 0.1) is 12.7 Å². The highest BCUT2D eigenvalue weighted by Gasteiger charge is 2.63. The van der Waals surface area contributed by atoms with Crippen LogP contribution in [-0.4, -0.2) is 29.5 Å². The van der Waals surface area contributed by atoms with Gasteiger partial charge in [-0.2, -0.15) is 0 Å². The Hall–Kier alpha value is -1.88. The number of ether oxygens (including phenoxy) is 1. The lowest BCUT2D eigenvalue weighted by Crippen LogP contribution is -2.56. The number of ketones is 1. The normalized spacial score (nSPS) is 41.3. The van der Waals surface area contributed by atoms with Gasteiger partial charge in [0.25, 0.3) is 0 Å². The Labute approximate surface area is 203 Å². The van der Waals surface area contributed by atoms with E-state index in [1.165, 1.54) is 12.0 Å². The maximum atomic E-state index is 12.4. The van der Waals surface area contributed by atoms with Gasteiger partial charge in [-0.25, -0.2) is 0 Å². The van der Waals surface area contributed by atoms with Crippen molar-refractivity contribution in [3.63, 3.8) is 0 Å². The third-order valence-electron chi connectivity index (χ3n) is 10.5. The van der Waals surface area contributed by atoms with Crippen molar-refractivity contribution in [1.82, 2.24) is 0 Å². The van der Waals surface area contributed by atoms with Gasteiger partial charge >= 0.3 is 0 Å². The highest BCUT2D eigenvalue weighted by Crippen LogP contribution is 2.69. The van der Waals surface area contributed by atoms with Crippen molar-refractivity contribution in [1.29, 1.82) is 0 Å². The summed E-state index contributed by atoms with van der Waals surface area (Å²) in [6.07, 6.45) is 8.70. The number of benzene rings is 1. The first-order valence-corrected chi connectivity index (χ1v) is 13.4. The number of hydrogen-bond donors (Lipinski definition) is 2. The molecule has 4 fully saturated rings. The molecule has 0 heterocycles. The van der Waals surface area contributed by atoms with E-state index in [2.05, 4.69) is 38.1 Å². The van der Waals surface area contributed by atoms with Crippen LogP contribution >= 0.6 is 0 Å². The van der Waals surface area contributed by atoms with E-state index in [0.29, 0.717) is 54.8 Å². The molecular weight excluding hydrogens is 426 g/mol. The van der Waals surface area contributed by atoms with Crippen molar-refractivity contribution < 1.29 is 19.4 Å². The minimum Gasteiger partial charge on any atom is -0.494 e. The summed E-state index contributed by atoms with van der Waals surface area (Å²) in [4.78, 5) is 23.3. The zero-order valence-electron chi connectivity index (χ0n) is 20.8. The number of aliphatic hydroxyl groups is 1. The van der Waals surface area contributed by atoms with Crippen LogP contribution in [0, 0.1) is 34.5 Å². The first-order chi connectivity index (χ1) is 16.2. The average Bonchev–Trinajstić information content (AvgIpc) is 3.11. The van der Waals surface area contributed by atoms with Crippen LogP contribution in [0.1, 0.15) is 89.5 Å². The molecule has 0 spiro atoms. The SMILES string of the molecule is C[C@]12CCC(=O)C[C@@H]1CC[C@@H]1[C@@H]2[C@@H](c2ccc(OCCCC(N)=O)cc2)C[C@]2(C)[C@@H](O)CC[C@@H]12. The molecule has 34 heavy (non-hydrogen) atoms. The highest BCUT2D eigenvalue weighted by molar-refractivity contribution is 5.79. The number of aliphatic hydroxyl groups excluding tert-OH is 1. The third-order valence-corrected chi connectivity index (χ3v) is 10.5. The van der Waals surface area contributed by atoms with Crippen LogP contribution in [0.2, 0.25) is 0 Å². The van der Waals surface area contributed by atoms with E-state index in [-0.39, 0.29) is 22.8 Å². The monoisotopic (exact) mass is 467 g/mol. The van der Waals surface area contributed by atoms with Crippen LogP contribution in [-0.2, 0) is 9.59 Å². The largest absolute Gasteiger partial charge is 0.494 e. The maximum Gasteiger partial charge on any atom is 0.217 e. The predicted octanol–water partition coefficient (Wildman–Crippen LogP) is 5.00. The van der Waals surface area contributed by atoms with Crippen LogP contribution in [0.5, 0.6) is 5.75 Å². The van der Waals surface area contributed by atoms with Gasteiger partial charge in [-0.15, -0.1) is 0 Å². The molecule has 0 aromatic heterocycles. The molecule has 4 aliphatic carbocycles. The number of rotatable bonds is 6. The number of fused-ring (bicyclic) bond motifs is 5. The van der Waals surface area contributed by atoms with Gasteiger partial charge in [0, 0.05) is 19.3 Å². The van der Waals surface area contributed by atoms with Crippen LogP contribution in [0.4, 0.5) is 0 Å². The summed E-state index contributed by atoms with van der Waals surface area (Å²) in [5.41, 5.74) is 6.73. The van der Waals surface area contributed by atoms with E-state index < -0.39 is 0 Å². The van der Waals surface area contributed by atoms with E-state index in [0.717, 1.165) is 50.7 Å². The summed E-state index contributed by atoms with van der Waals surface area (Å²) in [7, 11) is 0. The van der Waals surface area contributed by atoms with Gasteiger partial charge in [-0.05, 0) is 103 Å². The van der Waals surface area contributed by atoms with Gasteiger partial charge in [0.2, 0.25) is 5.91 Å². The molecule has 5 rings (SSSR count). The Balaban J connectivity index is 1.43. The van der Waals surface area contributed by atoms with E-state index in [1.807, 2.05) is 0 Å². The van der Waals surface area contributed by atoms with Crippen LogP contribution in [0.3, 0.4) is 0 Å². The molecule has 1 amide bonds. The summed E-state index contributed by atoms with van der Waals surface area (Å²) in [5, 5.41) is 11.1. The lowest BCUT2D eigenvalue weighted by atomic mass is 9.42. The second kappa shape index (κ2) is 8.96. The zero-order valence-corrected chi connectivity index (χ0v) is 20.8. The number of carbonyl (C=O) groups is 2. The molecule has 5 nitrogen and oxygen atoms in total. The van der Waals surface area contributed by atoms with Crippen LogP contribution in [0.25, 0.3) is 0 Å². The Morgan fingerprint density at radius 1 is 1.12 bits per heavy atom. The van der Waals surface area contributed by atoms with Gasteiger partial charge in [-0.3, -0.25) is 9.59 Å².